The van der Waals surface area contributed by atoms with Crippen LogP contribution >= 0.6 is 0 Å². The predicted molar refractivity (Wildman–Crippen MR) is 94.2 cm³/mol. The number of hydrogen-bond acceptors (Lipinski definition) is 2. The monoisotopic (exact) mass is 314 g/mol. The predicted octanol–water partition coefficient (Wildman–Crippen LogP) is 3.61. The number of carbonyl (C=O) groups is 1. The lowest BCUT2D eigenvalue weighted by Gasteiger charge is -2.37. The van der Waals surface area contributed by atoms with Crippen molar-refractivity contribution in [3.63, 3.8) is 0 Å². The number of benzene rings is 1. The molecule has 3 heteroatoms. The zero-order valence-electron chi connectivity index (χ0n) is 14.6. The minimum atomic E-state index is 0.332. The summed E-state index contributed by atoms with van der Waals surface area (Å²) in [4.78, 5) is 17.2. The maximum absolute atomic E-state index is 12.5. The molecule has 2 aliphatic heterocycles. The van der Waals surface area contributed by atoms with Crippen LogP contribution in [0.3, 0.4) is 0 Å². The Hall–Kier alpha value is -1.35. The van der Waals surface area contributed by atoms with Crippen molar-refractivity contribution in [2.24, 2.45) is 5.92 Å². The van der Waals surface area contributed by atoms with Crippen molar-refractivity contribution in [3.05, 3.63) is 35.4 Å². The average Bonchev–Trinajstić information content (AvgIpc) is 2.70. The molecule has 2 unspecified atom stereocenters. The molecule has 0 aliphatic carbocycles. The first-order valence-corrected chi connectivity index (χ1v) is 9.19. The first-order chi connectivity index (χ1) is 11.1. The average molecular weight is 314 g/mol. The van der Waals surface area contributed by atoms with Crippen molar-refractivity contribution in [2.75, 3.05) is 19.6 Å². The molecule has 0 saturated carbocycles. The van der Waals surface area contributed by atoms with Crippen LogP contribution < -0.4 is 0 Å². The molecule has 2 fully saturated rings. The summed E-state index contributed by atoms with van der Waals surface area (Å²) in [5.41, 5.74) is 2.52. The zero-order valence-corrected chi connectivity index (χ0v) is 14.6. The van der Waals surface area contributed by atoms with E-state index in [-0.39, 0.29) is 0 Å². The summed E-state index contributed by atoms with van der Waals surface area (Å²) in [7, 11) is 0. The highest BCUT2D eigenvalue weighted by atomic mass is 16.2. The van der Waals surface area contributed by atoms with E-state index in [0.29, 0.717) is 18.4 Å². The van der Waals surface area contributed by atoms with Gasteiger partial charge in [0.15, 0.2) is 0 Å². The van der Waals surface area contributed by atoms with Crippen LogP contribution in [0.5, 0.6) is 0 Å². The van der Waals surface area contributed by atoms with E-state index < -0.39 is 0 Å². The van der Waals surface area contributed by atoms with Gasteiger partial charge in [0.1, 0.15) is 0 Å². The molecule has 3 rings (SSSR count). The minimum Gasteiger partial charge on any atom is -0.338 e. The summed E-state index contributed by atoms with van der Waals surface area (Å²) >= 11 is 0. The van der Waals surface area contributed by atoms with Gasteiger partial charge in [0, 0.05) is 32.1 Å². The summed E-state index contributed by atoms with van der Waals surface area (Å²) in [5.74, 6) is 1.14. The van der Waals surface area contributed by atoms with Crippen LogP contribution in [0.15, 0.2) is 24.3 Å². The molecular formula is C20H30N2O. The third-order valence-electron chi connectivity index (χ3n) is 5.44. The molecule has 0 radical (unpaired) electrons. The standard InChI is InChI=1S/C20H30N2O/c1-16-5-3-7-18(13-16)15-22-12-10-19(8-9-20(22)23)21-11-4-6-17(2)14-21/h3,5,7,13,17,19H,4,6,8-12,14-15H2,1-2H3. The minimum absolute atomic E-state index is 0.332. The van der Waals surface area contributed by atoms with Crippen molar-refractivity contribution in [3.8, 4) is 0 Å². The lowest BCUT2D eigenvalue weighted by Crippen LogP contribution is -2.42. The van der Waals surface area contributed by atoms with E-state index in [1.807, 2.05) is 0 Å². The number of rotatable bonds is 3. The Labute approximate surface area is 140 Å². The van der Waals surface area contributed by atoms with Gasteiger partial charge in [-0.3, -0.25) is 4.79 Å². The number of amides is 1. The van der Waals surface area contributed by atoms with E-state index in [1.165, 1.54) is 37.1 Å². The Balaban J connectivity index is 1.60. The van der Waals surface area contributed by atoms with Crippen molar-refractivity contribution >= 4 is 5.91 Å². The maximum Gasteiger partial charge on any atom is 0.222 e. The summed E-state index contributed by atoms with van der Waals surface area (Å²) in [5, 5.41) is 0. The second-order valence-electron chi connectivity index (χ2n) is 7.53. The zero-order chi connectivity index (χ0) is 16.2. The van der Waals surface area contributed by atoms with Crippen LogP contribution in [0.1, 0.15) is 50.2 Å². The van der Waals surface area contributed by atoms with Crippen LogP contribution in [-0.4, -0.2) is 41.4 Å². The Morgan fingerprint density at radius 3 is 2.83 bits per heavy atom. The Morgan fingerprint density at radius 1 is 1.17 bits per heavy atom. The quantitative estimate of drug-likeness (QED) is 0.851. The lowest BCUT2D eigenvalue weighted by atomic mass is 9.96. The second kappa shape index (κ2) is 7.48. The fourth-order valence-corrected chi connectivity index (χ4v) is 4.14. The van der Waals surface area contributed by atoms with Gasteiger partial charge in [-0.2, -0.15) is 0 Å². The normalized spacial score (nSPS) is 27.0. The highest BCUT2D eigenvalue weighted by molar-refractivity contribution is 5.76. The summed E-state index contributed by atoms with van der Waals surface area (Å²) in [6, 6.07) is 9.13. The number of hydrogen-bond donors (Lipinski definition) is 0. The molecular weight excluding hydrogens is 284 g/mol. The molecule has 1 aromatic rings. The van der Waals surface area contributed by atoms with E-state index in [9.17, 15) is 4.79 Å². The number of aryl methyl sites for hydroxylation is 1. The molecule has 0 aromatic heterocycles. The Kier molecular flexibility index (Phi) is 5.37. The van der Waals surface area contributed by atoms with Crippen molar-refractivity contribution in [2.45, 2.75) is 58.5 Å². The third kappa shape index (κ3) is 4.35. The van der Waals surface area contributed by atoms with Crippen molar-refractivity contribution in [1.29, 1.82) is 0 Å². The highest BCUT2D eigenvalue weighted by Crippen LogP contribution is 2.24. The van der Waals surface area contributed by atoms with E-state index in [0.717, 1.165) is 31.8 Å². The van der Waals surface area contributed by atoms with Crippen molar-refractivity contribution < 1.29 is 4.79 Å². The number of nitrogens with zero attached hydrogens (tertiary/aromatic N) is 2. The maximum atomic E-state index is 12.5. The summed E-state index contributed by atoms with van der Waals surface area (Å²) in [6.45, 7) is 8.59. The van der Waals surface area contributed by atoms with Gasteiger partial charge in [-0.25, -0.2) is 0 Å². The fourth-order valence-electron chi connectivity index (χ4n) is 4.14. The van der Waals surface area contributed by atoms with Crippen molar-refractivity contribution in [1.82, 2.24) is 9.80 Å². The Bertz CT molecular complexity index is 542. The van der Waals surface area contributed by atoms with E-state index in [2.05, 4.69) is 47.9 Å². The van der Waals surface area contributed by atoms with Gasteiger partial charge in [0.05, 0.1) is 0 Å². The van der Waals surface area contributed by atoms with Gasteiger partial charge in [-0.15, -0.1) is 0 Å². The Morgan fingerprint density at radius 2 is 2.04 bits per heavy atom. The highest BCUT2D eigenvalue weighted by Gasteiger charge is 2.28. The number of carbonyl (C=O) groups excluding carboxylic acids is 1. The largest absolute Gasteiger partial charge is 0.338 e. The molecule has 126 valence electrons. The van der Waals surface area contributed by atoms with Crippen LogP contribution in [-0.2, 0) is 11.3 Å². The van der Waals surface area contributed by atoms with Crippen LogP contribution in [0.25, 0.3) is 0 Å². The molecule has 2 atom stereocenters. The first-order valence-electron chi connectivity index (χ1n) is 9.19. The van der Waals surface area contributed by atoms with Gasteiger partial charge >= 0.3 is 0 Å². The van der Waals surface area contributed by atoms with E-state index in [1.54, 1.807) is 0 Å². The topological polar surface area (TPSA) is 23.6 Å². The molecule has 0 N–H and O–H groups in total. The first kappa shape index (κ1) is 16.5. The molecule has 0 spiro atoms. The second-order valence-corrected chi connectivity index (χ2v) is 7.53. The molecule has 2 aliphatic rings. The third-order valence-corrected chi connectivity index (χ3v) is 5.44. The molecule has 1 amide bonds. The molecule has 0 bridgehead atoms. The van der Waals surface area contributed by atoms with Gasteiger partial charge < -0.3 is 9.80 Å². The summed E-state index contributed by atoms with van der Waals surface area (Å²) < 4.78 is 0. The number of piperidine rings is 1. The summed E-state index contributed by atoms with van der Waals surface area (Å²) in [6.07, 6.45) is 5.56. The van der Waals surface area contributed by atoms with Gasteiger partial charge in [-0.05, 0) is 50.6 Å². The fraction of sp³-hybridized carbons (Fsp3) is 0.650. The molecule has 2 heterocycles. The van der Waals surface area contributed by atoms with E-state index in [4.69, 9.17) is 0 Å². The molecule has 3 nitrogen and oxygen atoms in total. The van der Waals surface area contributed by atoms with Gasteiger partial charge in [0.25, 0.3) is 0 Å². The molecule has 2 saturated heterocycles. The molecule has 23 heavy (non-hydrogen) atoms. The van der Waals surface area contributed by atoms with E-state index >= 15 is 0 Å². The smallest absolute Gasteiger partial charge is 0.222 e. The SMILES string of the molecule is Cc1cccc(CN2CCC(N3CCCC(C)C3)CCC2=O)c1. The molecule has 1 aromatic carbocycles. The van der Waals surface area contributed by atoms with Gasteiger partial charge in [0.2, 0.25) is 5.91 Å². The van der Waals surface area contributed by atoms with Crippen LogP contribution in [0, 0.1) is 12.8 Å². The number of likely N-dealkylation sites (tertiary alicyclic amines) is 2. The lowest BCUT2D eigenvalue weighted by molar-refractivity contribution is -0.131. The van der Waals surface area contributed by atoms with Crippen LogP contribution in [0.4, 0.5) is 0 Å². The van der Waals surface area contributed by atoms with Crippen LogP contribution in [0.2, 0.25) is 0 Å². The van der Waals surface area contributed by atoms with Gasteiger partial charge in [-0.1, -0.05) is 36.8 Å².